The van der Waals surface area contributed by atoms with E-state index in [2.05, 4.69) is 26.1 Å². The molecule has 2 aromatic rings. The molecule has 2 aromatic carbocycles. The highest BCUT2D eigenvalue weighted by Gasteiger charge is 2.20. The van der Waals surface area contributed by atoms with Crippen LogP contribution in [0.1, 0.15) is 54.7 Å². The number of ether oxygens (including phenoxy) is 1. The fraction of sp³-hybridized carbons (Fsp3) is 0.364. The summed E-state index contributed by atoms with van der Waals surface area (Å²) < 4.78 is 5.32. The molecule has 26 heavy (non-hydrogen) atoms. The van der Waals surface area contributed by atoms with Crippen LogP contribution in [-0.4, -0.2) is 18.0 Å². The minimum atomic E-state index is -0.885. The highest BCUT2D eigenvalue weighted by Crippen LogP contribution is 2.22. The molecule has 0 aliphatic rings. The van der Waals surface area contributed by atoms with Gasteiger partial charge in [-0.05, 0) is 61.1 Å². The van der Waals surface area contributed by atoms with E-state index < -0.39 is 12.1 Å². The second kappa shape index (κ2) is 7.73. The SMILES string of the molecule is Cc1cccc(NC(=O)[C@H](C)OC(=O)c2ccc(C(C)(C)C)cc2)c1C. The van der Waals surface area contributed by atoms with E-state index in [4.69, 9.17) is 4.74 Å². The average Bonchev–Trinajstić information content (AvgIpc) is 2.58. The Morgan fingerprint density at radius 2 is 1.62 bits per heavy atom. The molecular weight excluding hydrogens is 326 g/mol. The summed E-state index contributed by atoms with van der Waals surface area (Å²) in [5.41, 5.74) is 4.40. The molecule has 0 aliphatic carbocycles. The van der Waals surface area contributed by atoms with Crippen molar-refractivity contribution in [3.05, 3.63) is 64.7 Å². The number of carbonyl (C=O) groups excluding carboxylic acids is 2. The highest BCUT2D eigenvalue weighted by molar-refractivity contribution is 5.97. The molecule has 0 aliphatic heterocycles. The van der Waals surface area contributed by atoms with Crippen molar-refractivity contribution in [3.8, 4) is 0 Å². The topological polar surface area (TPSA) is 55.4 Å². The van der Waals surface area contributed by atoms with Gasteiger partial charge in [-0.2, -0.15) is 0 Å². The third-order valence-corrected chi connectivity index (χ3v) is 4.50. The lowest BCUT2D eigenvalue weighted by Crippen LogP contribution is -2.30. The average molecular weight is 353 g/mol. The standard InChI is InChI=1S/C22H27NO3/c1-14-8-7-9-19(15(14)2)23-20(24)16(3)26-21(25)17-10-12-18(13-11-17)22(4,5)6/h7-13,16H,1-6H3,(H,23,24)/t16-/m0/s1. The molecular formula is C22H27NO3. The van der Waals surface area contributed by atoms with Crippen LogP contribution in [0.5, 0.6) is 0 Å². The van der Waals surface area contributed by atoms with Gasteiger partial charge in [0.15, 0.2) is 6.10 Å². The zero-order chi connectivity index (χ0) is 19.5. The van der Waals surface area contributed by atoms with Crippen molar-refractivity contribution in [3.63, 3.8) is 0 Å². The third-order valence-electron chi connectivity index (χ3n) is 4.50. The number of benzene rings is 2. The number of amides is 1. The van der Waals surface area contributed by atoms with Crippen LogP contribution in [-0.2, 0) is 14.9 Å². The van der Waals surface area contributed by atoms with E-state index >= 15 is 0 Å². The Kier molecular flexibility index (Phi) is 5.86. The highest BCUT2D eigenvalue weighted by atomic mass is 16.5. The molecule has 0 bridgehead atoms. The van der Waals surface area contributed by atoms with E-state index in [1.165, 1.54) is 0 Å². The fourth-order valence-corrected chi connectivity index (χ4v) is 2.51. The van der Waals surface area contributed by atoms with E-state index in [1.54, 1.807) is 19.1 Å². The van der Waals surface area contributed by atoms with Gasteiger partial charge in [-0.25, -0.2) is 4.79 Å². The summed E-state index contributed by atoms with van der Waals surface area (Å²) in [5.74, 6) is -0.854. The van der Waals surface area contributed by atoms with Crippen molar-refractivity contribution in [1.29, 1.82) is 0 Å². The lowest BCUT2D eigenvalue weighted by atomic mass is 9.87. The van der Waals surface area contributed by atoms with Crippen molar-refractivity contribution >= 4 is 17.6 Å². The van der Waals surface area contributed by atoms with Crippen LogP contribution in [0.4, 0.5) is 5.69 Å². The van der Waals surface area contributed by atoms with Gasteiger partial charge in [-0.15, -0.1) is 0 Å². The summed E-state index contributed by atoms with van der Waals surface area (Å²) in [6.45, 7) is 11.8. The van der Waals surface area contributed by atoms with Crippen LogP contribution in [0.2, 0.25) is 0 Å². The molecule has 0 spiro atoms. The van der Waals surface area contributed by atoms with Crippen LogP contribution in [0, 0.1) is 13.8 Å². The molecule has 0 fully saturated rings. The van der Waals surface area contributed by atoms with Gasteiger partial charge in [0.2, 0.25) is 0 Å². The lowest BCUT2D eigenvalue weighted by molar-refractivity contribution is -0.123. The van der Waals surface area contributed by atoms with Crippen LogP contribution in [0.25, 0.3) is 0 Å². The molecule has 0 aromatic heterocycles. The first kappa shape index (κ1) is 19.7. The Morgan fingerprint density at radius 3 is 2.19 bits per heavy atom. The molecule has 1 N–H and O–H groups in total. The van der Waals surface area contributed by atoms with E-state index in [9.17, 15) is 9.59 Å². The Morgan fingerprint density at radius 1 is 1.00 bits per heavy atom. The van der Waals surface area contributed by atoms with E-state index in [0.29, 0.717) is 5.56 Å². The van der Waals surface area contributed by atoms with Gasteiger partial charge in [-0.3, -0.25) is 4.79 Å². The lowest BCUT2D eigenvalue weighted by Gasteiger charge is -2.19. The minimum Gasteiger partial charge on any atom is -0.449 e. The molecule has 4 heteroatoms. The molecule has 138 valence electrons. The Balaban J connectivity index is 2.02. The summed E-state index contributed by atoms with van der Waals surface area (Å²) in [4.78, 5) is 24.6. The predicted octanol–water partition coefficient (Wildman–Crippen LogP) is 4.78. The predicted molar refractivity (Wildman–Crippen MR) is 105 cm³/mol. The number of esters is 1. The van der Waals surface area contributed by atoms with Gasteiger partial charge < -0.3 is 10.1 Å². The van der Waals surface area contributed by atoms with Crippen molar-refractivity contribution in [1.82, 2.24) is 0 Å². The third kappa shape index (κ3) is 4.72. The number of hydrogen-bond donors (Lipinski definition) is 1. The van der Waals surface area contributed by atoms with Crippen LogP contribution in [0.15, 0.2) is 42.5 Å². The van der Waals surface area contributed by atoms with Gasteiger partial charge in [0.05, 0.1) is 5.56 Å². The quantitative estimate of drug-likeness (QED) is 0.805. The zero-order valence-corrected chi connectivity index (χ0v) is 16.3. The Hall–Kier alpha value is -2.62. The van der Waals surface area contributed by atoms with E-state index in [1.807, 2.05) is 44.2 Å². The summed E-state index contributed by atoms with van der Waals surface area (Å²) in [6, 6.07) is 13.0. The first-order valence-corrected chi connectivity index (χ1v) is 8.78. The maximum absolute atomic E-state index is 12.3. The second-order valence-electron chi connectivity index (χ2n) is 7.61. The first-order chi connectivity index (χ1) is 12.1. The minimum absolute atomic E-state index is 0.0152. The van der Waals surface area contributed by atoms with Gasteiger partial charge in [0, 0.05) is 5.69 Å². The van der Waals surface area contributed by atoms with Gasteiger partial charge in [0.1, 0.15) is 0 Å². The molecule has 0 heterocycles. The maximum Gasteiger partial charge on any atom is 0.338 e. The van der Waals surface area contributed by atoms with Crippen molar-refractivity contribution in [2.45, 2.75) is 53.1 Å². The van der Waals surface area contributed by atoms with Gasteiger partial charge in [-0.1, -0.05) is 45.0 Å². The maximum atomic E-state index is 12.3. The smallest absolute Gasteiger partial charge is 0.338 e. The zero-order valence-electron chi connectivity index (χ0n) is 16.3. The molecule has 0 unspecified atom stereocenters. The summed E-state index contributed by atoms with van der Waals surface area (Å²) in [5, 5.41) is 2.82. The van der Waals surface area contributed by atoms with E-state index in [0.717, 1.165) is 22.4 Å². The summed E-state index contributed by atoms with van der Waals surface area (Å²) in [7, 11) is 0. The largest absolute Gasteiger partial charge is 0.449 e. The van der Waals surface area contributed by atoms with Crippen LogP contribution >= 0.6 is 0 Å². The monoisotopic (exact) mass is 353 g/mol. The Labute approximate surface area is 155 Å². The molecule has 0 saturated carbocycles. The van der Waals surface area contributed by atoms with Gasteiger partial charge in [0.25, 0.3) is 5.91 Å². The van der Waals surface area contributed by atoms with E-state index in [-0.39, 0.29) is 11.3 Å². The number of anilines is 1. The fourth-order valence-electron chi connectivity index (χ4n) is 2.51. The number of carbonyl (C=O) groups is 2. The molecule has 2 rings (SSSR count). The second-order valence-corrected chi connectivity index (χ2v) is 7.61. The number of aryl methyl sites for hydroxylation is 1. The van der Waals surface area contributed by atoms with Crippen LogP contribution < -0.4 is 5.32 Å². The normalized spacial score (nSPS) is 12.4. The van der Waals surface area contributed by atoms with Gasteiger partial charge >= 0.3 is 5.97 Å². The first-order valence-electron chi connectivity index (χ1n) is 8.78. The molecule has 0 radical (unpaired) electrons. The molecule has 1 atom stereocenters. The number of rotatable bonds is 4. The van der Waals surface area contributed by atoms with Crippen LogP contribution in [0.3, 0.4) is 0 Å². The summed E-state index contributed by atoms with van der Waals surface area (Å²) >= 11 is 0. The number of nitrogens with one attached hydrogen (secondary N) is 1. The summed E-state index contributed by atoms with van der Waals surface area (Å²) in [6.07, 6.45) is -0.885. The molecule has 1 amide bonds. The molecule has 4 nitrogen and oxygen atoms in total. The molecule has 0 saturated heterocycles. The Bertz CT molecular complexity index is 801. The van der Waals surface area contributed by atoms with Crippen molar-refractivity contribution in [2.24, 2.45) is 0 Å². The van der Waals surface area contributed by atoms with Crippen molar-refractivity contribution in [2.75, 3.05) is 5.32 Å². The van der Waals surface area contributed by atoms with Crippen molar-refractivity contribution < 1.29 is 14.3 Å². The number of hydrogen-bond acceptors (Lipinski definition) is 3.